The molecular weight excluding hydrogens is 440 g/mol. The van der Waals surface area contributed by atoms with E-state index in [-0.39, 0.29) is 24.8 Å². The molecule has 1 aromatic rings. The molecule has 0 saturated carbocycles. The third-order valence-corrected chi connectivity index (χ3v) is 6.08. The van der Waals surface area contributed by atoms with Gasteiger partial charge in [-0.1, -0.05) is 12.1 Å². The van der Waals surface area contributed by atoms with Crippen molar-refractivity contribution in [2.75, 3.05) is 51.6 Å². The molecule has 1 rings (SSSR count). The number of hydrogen-bond donors (Lipinski definition) is 2. The molecule has 0 aliphatic heterocycles. The summed E-state index contributed by atoms with van der Waals surface area (Å²) >= 11 is 11.4. The van der Waals surface area contributed by atoms with Crippen molar-refractivity contribution in [2.24, 2.45) is 5.50 Å². The third-order valence-electron chi connectivity index (χ3n) is 4.05. The smallest absolute Gasteiger partial charge is 0.341 e. The van der Waals surface area contributed by atoms with E-state index in [9.17, 15) is 9.36 Å². The van der Waals surface area contributed by atoms with Crippen LogP contribution in [0.3, 0.4) is 0 Å². The predicted octanol–water partition coefficient (Wildman–Crippen LogP) is 3.23. The van der Waals surface area contributed by atoms with Gasteiger partial charge < -0.3 is 19.3 Å². The van der Waals surface area contributed by atoms with Gasteiger partial charge in [0.05, 0.1) is 19.6 Å². The number of aliphatic carboxylic acids is 1. The monoisotopic (exact) mass is 469 g/mol. The summed E-state index contributed by atoms with van der Waals surface area (Å²) < 4.78 is 25.3. The maximum atomic E-state index is 12.6. The van der Waals surface area contributed by atoms with Crippen LogP contribution in [0.1, 0.15) is 18.4 Å². The van der Waals surface area contributed by atoms with Crippen LogP contribution in [0.4, 0.5) is 0 Å². The van der Waals surface area contributed by atoms with Crippen LogP contribution in [-0.2, 0) is 20.5 Å². The molecule has 0 aromatic heterocycles. The summed E-state index contributed by atoms with van der Waals surface area (Å²) in [5.74, 6) is 0.416. The highest BCUT2D eigenvalue weighted by atomic mass is 35.5. The minimum atomic E-state index is -3.49. The van der Waals surface area contributed by atoms with Gasteiger partial charge in [0.15, 0.2) is 0 Å². The lowest BCUT2D eigenvalue weighted by Gasteiger charge is -2.26. The molecular formula is C18H30Cl2N3O5P. The van der Waals surface area contributed by atoms with Gasteiger partial charge >= 0.3 is 13.6 Å². The second-order valence-corrected chi connectivity index (χ2v) is 9.17. The Bertz CT molecular complexity index is 662. The van der Waals surface area contributed by atoms with Gasteiger partial charge in [-0.15, -0.1) is 23.2 Å². The highest BCUT2D eigenvalue weighted by molar-refractivity contribution is 7.53. The molecule has 0 bridgehead atoms. The summed E-state index contributed by atoms with van der Waals surface area (Å²) in [6.45, 7) is 2.47. The number of ether oxygens (including phenoxy) is 1. The molecule has 11 heteroatoms. The second kappa shape index (κ2) is 14.2. The van der Waals surface area contributed by atoms with E-state index in [1.807, 2.05) is 36.2 Å². The molecule has 3 N–H and O–H groups in total. The fourth-order valence-electron chi connectivity index (χ4n) is 2.48. The van der Waals surface area contributed by atoms with E-state index in [2.05, 4.69) is 0 Å². The number of nitrogens with two attached hydrogens (primary N) is 1. The van der Waals surface area contributed by atoms with E-state index in [4.69, 9.17) is 43.1 Å². The molecule has 0 aliphatic rings. The van der Waals surface area contributed by atoms with E-state index in [1.165, 1.54) is 4.67 Å². The van der Waals surface area contributed by atoms with Gasteiger partial charge in [-0.2, -0.15) is 0 Å². The quantitative estimate of drug-likeness (QED) is 0.216. The van der Waals surface area contributed by atoms with Gasteiger partial charge in [0.25, 0.3) is 0 Å². The van der Waals surface area contributed by atoms with Crippen molar-refractivity contribution < 1.29 is 23.7 Å². The van der Waals surface area contributed by atoms with Crippen LogP contribution in [-0.4, -0.2) is 72.2 Å². The zero-order valence-corrected chi connectivity index (χ0v) is 19.0. The number of carboxylic acid groups (broad SMARTS) is 1. The van der Waals surface area contributed by atoms with Gasteiger partial charge in [-0.25, -0.2) is 10.2 Å². The van der Waals surface area contributed by atoms with Crippen molar-refractivity contribution in [1.82, 2.24) is 9.57 Å². The Kier molecular flexibility index (Phi) is 12.8. The summed E-state index contributed by atoms with van der Waals surface area (Å²) in [6.07, 6.45) is 0.887. The maximum absolute atomic E-state index is 12.6. The third kappa shape index (κ3) is 11.2. The van der Waals surface area contributed by atoms with Gasteiger partial charge in [-0.3, -0.25) is 9.36 Å². The molecule has 0 heterocycles. The molecule has 0 radical (unpaired) electrons. The standard InChI is InChI=1S/C18H30Cl2N3O5P/c1-22(10-6-18(24)25)9-3-13-27-17-5-2-4-16(14-17)15-28-29(21,26)23(11-7-19)12-8-20/h2,4-5,14H,3,6-13,15H2,1H3,(H2,21,26)(H,24,25). The largest absolute Gasteiger partial charge is 0.494 e. The second-order valence-electron chi connectivity index (χ2n) is 6.47. The van der Waals surface area contributed by atoms with Gasteiger partial charge in [0.1, 0.15) is 5.75 Å². The maximum Gasteiger partial charge on any atom is 0.341 e. The molecule has 0 amide bonds. The molecule has 1 aromatic carbocycles. The van der Waals surface area contributed by atoms with Gasteiger partial charge in [-0.05, 0) is 31.2 Å². The minimum absolute atomic E-state index is 0.0734. The normalized spacial score (nSPS) is 13.6. The first kappa shape index (κ1) is 26.2. The number of alkyl halides is 2. The molecule has 1 unspecified atom stereocenters. The summed E-state index contributed by atoms with van der Waals surface area (Å²) in [7, 11) is -1.61. The summed E-state index contributed by atoms with van der Waals surface area (Å²) in [4.78, 5) is 12.5. The zero-order valence-electron chi connectivity index (χ0n) is 16.6. The Morgan fingerprint density at radius 1 is 1.21 bits per heavy atom. The van der Waals surface area contributed by atoms with Gasteiger partial charge in [0, 0.05) is 37.9 Å². The molecule has 29 heavy (non-hydrogen) atoms. The SMILES string of the molecule is CN(CCCOc1cccc(COP(N)(=O)N(CCCl)CCCl)c1)CCC(=O)O. The Balaban J connectivity index is 2.46. The molecule has 0 fully saturated rings. The zero-order chi connectivity index (χ0) is 21.7. The summed E-state index contributed by atoms with van der Waals surface area (Å²) in [5, 5.41) is 8.68. The van der Waals surface area contributed by atoms with Crippen LogP contribution < -0.4 is 10.2 Å². The highest BCUT2D eigenvalue weighted by Crippen LogP contribution is 2.43. The minimum Gasteiger partial charge on any atom is -0.494 e. The van der Waals surface area contributed by atoms with Crippen molar-refractivity contribution in [3.63, 3.8) is 0 Å². The number of carboxylic acids is 1. The highest BCUT2D eigenvalue weighted by Gasteiger charge is 2.26. The predicted molar refractivity (Wildman–Crippen MR) is 116 cm³/mol. The number of hydrogen-bond acceptors (Lipinski definition) is 5. The Morgan fingerprint density at radius 2 is 1.90 bits per heavy atom. The molecule has 0 saturated heterocycles. The first-order valence-electron chi connectivity index (χ1n) is 9.31. The molecule has 0 aliphatic carbocycles. The average molecular weight is 470 g/mol. The van der Waals surface area contributed by atoms with Crippen LogP contribution >= 0.6 is 30.9 Å². The van der Waals surface area contributed by atoms with Crippen molar-refractivity contribution in [2.45, 2.75) is 19.4 Å². The van der Waals surface area contributed by atoms with Crippen molar-refractivity contribution in [3.8, 4) is 5.75 Å². The molecule has 1 atom stereocenters. The number of nitrogens with zero attached hydrogens (tertiary/aromatic N) is 2. The average Bonchev–Trinajstić information content (AvgIpc) is 2.68. The number of benzene rings is 1. The summed E-state index contributed by atoms with van der Waals surface area (Å²) in [5.41, 5.74) is 6.64. The van der Waals surface area contributed by atoms with E-state index in [0.29, 0.717) is 32.0 Å². The number of rotatable bonds is 16. The van der Waals surface area contributed by atoms with Crippen LogP contribution in [0.5, 0.6) is 5.75 Å². The Hall–Kier alpha value is -0.860. The van der Waals surface area contributed by atoms with E-state index < -0.39 is 13.6 Å². The van der Waals surface area contributed by atoms with Gasteiger partial charge in [0.2, 0.25) is 0 Å². The Morgan fingerprint density at radius 3 is 2.52 bits per heavy atom. The first-order valence-corrected chi connectivity index (χ1v) is 12.0. The topological polar surface area (TPSA) is 105 Å². The Labute approximate surface area is 182 Å². The van der Waals surface area contributed by atoms with Crippen LogP contribution in [0.2, 0.25) is 0 Å². The van der Waals surface area contributed by atoms with Crippen molar-refractivity contribution in [1.29, 1.82) is 0 Å². The van der Waals surface area contributed by atoms with E-state index in [1.54, 1.807) is 0 Å². The number of carbonyl (C=O) groups is 1. The summed E-state index contributed by atoms with van der Waals surface area (Å²) in [6, 6.07) is 7.29. The lowest BCUT2D eigenvalue weighted by Crippen LogP contribution is -2.29. The lowest BCUT2D eigenvalue weighted by molar-refractivity contribution is -0.137. The van der Waals surface area contributed by atoms with Crippen molar-refractivity contribution in [3.05, 3.63) is 29.8 Å². The molecule has 8 nitrogen and oxygen atoms in total. The fourth-order valence-corrected chi connectivity index (χ4v) is 4.38. The fraction of sp³-hybridized carbons (Fsp3) is 0.611. The van der Waals surface area contributed by atoms with Crippen LogP contribution in [0.15, 0.2) is 24.3 Å². The van der Waals surface area contributed by atoms with Crippen LogP contribution in [0.25, 0.3) is 0 Å². The van der Waals surface area contributed by atoms with Crippen LogP contribution in [0, 0.1) is 0 Å². The molecule has 166 valence electrons. The van der Waals surface area contributed by atoms with E-state index in [0.717, 1.165) is 18.5 Å². The van der Waals surface area contributed by atoms with Crippen molar-refractivity contribution >= 4 is 36.8 Å². The van der Waals surface area contributed by atoms with E-state index >= 15 is 0 Å². The number of halogens is 2. The lowest BCUT2D eigenvalue weighted by atomic mass is 10.2. The first-order chi connectivity index (χ1) is 13.8. The molecule has 0 spiro atoms.